The van der Waals surface area contributed by atoms with E-state index in [2.05, 4.69) is 10.4 Å². The number of carbonyl (C=O) groups excluding carboxylic acids is 1. The van der Waals surface area contributed by atoms with Gasteiger partial charge in [0.25, 0.3) is 5.91 Å². The highest BCUT2D eigenvalue weighted by atomic mass is 19.1. The number of anilines is 2. The highest BCUT2D eigenvalue weighted by Gasteiger charge is 2.34. The van der Waals surface area contributed by atoms with Crippen LogP contribution in [0.2, 0.25) is 0 Å². The second-order valence-corrected chi connectivity index (χ2v) is 5.90. The van der Waals surface area contributed by atoms with Gasteiger partial charge in [-0.1, -0.05) is 6.92 Å². The van der Waals surface area contributed by atoms with Gasteiger partial charge in [0.15, 0.2) is 0 Å². The third kappa shape index (κ3) is 2.93. The molecule has 1 fully saturated rings. The van der Waals surface area contributed by atoms with E-state index in [0.29, 0.717) is 24.9 Å². The lowest BCUT2D eigenvalue weighted by Gasteiger charge is -2.17. The molecule has 3 rings (SSSR count). The number of benzene rings is 1. The first kappa shape index (κ1) is 15.5. The summed E-state index contributed by atoms with van der Waals surface area (Å²) in [5, 5.41) is 7.52. The Morgan fingerprint density at radius 2 is 2.17 bits per heavy atom. The third-order valence-electron chi connectivity index (χ3n) is 4.23. The molecule has 1 N–H and O–H groups in total. The van der Waals surface area contributed by atoms with Gasteiger partial charge in [-0.25, -0.2) is 4.39 Å². The van der Waals surface area contributed by atoms with Crippen molar-refractivity contribution in [3.05, 3.63) is 41.3 Å². The van der Waals surface area contributed by atoms with Gasteiger partial charge in [0.1, 0.15) is 17.7 Å². The molecule has 1 aromatic carbocycles. The van der Waals surface area contributed by atoms with Crippen LogP contribution in [-0.2, 0) is 18.3 Å². The topological polar surface area (TPSA) is 50.2 Å². The van der Waals surface area contributed by atoms with Gasteiger partial charge in [0.05, 0.1) is 5.69 Å². The lowest BCUT2D eigenvalue weighted by molar-refractivity contribution is -0.117. The Balaban J connectivity index is 1.76. The number of nitrogens with one attached hydrogen (secondary N) is 1. The van der Waals surface area contributed by atoms with E-state index in [1.54, 1.807) is 21.7 Å². The quantitative estimate of drug-likeness (QED) is 0.943. The molecule has 0 radical (unpaired) electrons. The Morgan fingerprint density at radius 3 is 2.83 bits per heavy atom. The summed E-state index contributed by atoms with van der Waals surface area (Å²) in [6.07, 6.45) is 1.34. The average molecular weight is 316 g/mol. The van der Waals surface area contributed by atoms with Crippen LogP contribution in [0.15, 0.2) is 24.3 Å². The van der Waals surface area contributed by atoms with E-state index in [9.17, 15) is 9.18 Å². The molecule has 122 valence electrons. The summed E-state index contributed by atoms with van der Waals surface area (Å²) in [4.78, 5) is 14.4. The SMILES string of the molecule is CCc1cc(NC2CCN(c3cc(C)nn3C)C2=O)ccc1F. The molecule has 0 aliphatic carbocycles. The Hall–Kier alpha value is -2.37. The van der Waals surface area contributed by atoms with Gasteiger partial charge < -0.3 is 5.32 Å². The summed E-state index contributed by atoms with van der Waals surface area (Å²) in [6.45, 7) is 4.47. The first-order chi connectivity index (χ1) is 11.0. The van der Waals surface area contributed by atoms with Gasteiger partial charge in [-0.15, -0.1) is 0 Å². The molecule has 1 amide bonds. The summed E-state index contributed by atoms with van der Waals surface area (Å²) >= 11 is 0. The maximum atomic E-state index is 13.6. The van der Waals surface area contributed by atoms with Crippen LogP contribution in [0.4, 0.5) is 15.9 Å². The monoisotopic (exact) mass is 316 g/mol. The van der Waals surface area contributed by atoms with Gasteiger partial charge in [-0.2, -0.15) is 5.10 Å². The standard InChI is InChI=1S/C17H21FN4O/c1-4-12-10-13(5-6-14(12)18)19-15-7-8-22(17(15)23)16-9-11(2)20-21(16)3/h5-6,9-10,15,19H,4,7-8H2,1-3H3. The van der Waals surface area contributed by atoms with Gasteiger partial charge in [-0.3, -0.25) is 14.4 Å². The third-order valence-corrected chi connectivity index (χ3v) is 4.23. The molecule has 0 saturated carbocycles. The van der Waals surface area contributed by atoms with Gasteiger partial charge in [-0.05, 0) is 43.5 Å². The summed E-state index contributed by atoms with van der Waals surface area (Å²) in [7, 11) is 1.84. The van der Waals surface area contributed by atoms with Crippen molar-refractivity contribution in [3.8, 4) is 0 Å². The highest BCUT2D eigenvalue weighted by Crippen LogP contribution is 2.25. The Bertz CT molecular complexity index is 740. The number of hydrogen-bond donors (Lipinski definition) is 1. The Morgan fingerprint density at radius 1 is 1.39 bits per heavy atom. The van der Waals surface area contributed by atoms with E-state index in [0.717, 1.165) is 17.2 Å². The number of amides is 1. The van der Waals surface area contributed by atoms with Crippen LogP contribution < -0.4 is 10.2 Å². The number of hydrogen-bond acceptors (Lipinski definition) is 3. The summed E-state index contributed by atoms with van der Waals surface area (Å²) in [5.74, 6) is 0.628. The zero-order valence-electron chi connectivity index (χ0n) is 13.6. The maximum Gasteiger partial charge on any atom is 0.250 e. The van der Waals surface area contributed by atoms with Crippen molar-refractivity contribution < 1.29 is 9.18 Å². The molecule has 0 bridgehead atoms. The number of aromatic nitrogens is 2. The highest BCUT2D eigenvalue weighted by molar-refractivity contribution is 6.00. The zero-order valence-corrected chi connectivity index (χ0v) is 13.6. The molecule has 1 saturated heterocycles. The summed E-state index contributed by atoms with van der Waals surface area (Å²) < 4.78 is 15.3. The van der Waals surface area contributed by atoms with Crippen molar-refractivity contribution in [1.82, 2.24) is 9.78 Å². The zero-order chi connectivity index (χ0) is 16.6. The molecular formula is C17H21FN4O. The van der Waals surface area contributed by atoms with Crippen LogP contribution in [0, 0.1) is 12.7 Å². The van der Waals surface area contributed by atoms with E-state index in [-0.39, 0.29) is 17.8 Å². The van der Waals surface area contributed by atoms with E-state index in [1.165, 1.54) is 6.07 Å². The second kappa shape index (κ2) is 6.02. The van der Waals surface area contributed by atoms with Crippen molar-refractivity contribution in [2.75, 3.05) is 16.8 Å². The van der Waals surface area contributed by atoms with E-state index >= 15 is 0 Å². The van der Waals surface area contributed by atoms with Crippen molar-refractivity contribution in [2.45, 2.75) is 32.7 Å². The van der Waals surface area contributed by atoms with Gasteiger partial charge >= 0.3 is 0 Å². The molecule has 2 aromatic rings. The fourth-order valence-electron chi connectivity index (χ4n) is 3.03. The minimum atomic E-state index is -0.291. The fourth-order valence-corrected chi connectivity index (χ4v) is 3.03. The van der Waals surface area contributed by atoms with Crippen LogP contribution in [0.25, 0.3) is 0 Å². The van der Waals surface area contributed by atoms with Gasteiger partial charge in [0, 0.05) is 25.3 Å². The molecule has 1 aromatic heterocycles. The van der Waals surface area contributed by atoms with Crippen LogP contribution in [-0.4, -0.2) is 28.3 Å². The summed E-state index contributed by atoms with van der Waals surface area (Å²) in [6, 6.07) is 6.52. The molecule has 1 atom stereocenters. The predicted octanol–water partition coefficient (Wildman–Crippen LogP) is 2.65. The lowest BCUT2D eigenvalue weighted by atomic mass is 10.1. The van der Waals surface area contributed by atoms with Crippen molar-refractivity contribution in [2.24, 2.45) is 7.05 Å². The van der Waals surface area contributed by atoms with Crippen LogP contribution in [0.5, 0.6) is 0 Å². The molecule has 1 unspecified atom stereocenters. The molecule has 1 aliphatic heterocycles. The van der Waals surface area contributed by atoms with Crippen LogP contribution >= 0.6 is 0 Å². The number of nitrogens with zero attached hydrogens (tertiary/aromatic N) is 3. The van der Waals surface area contributed by atoms with E-state index < -0.39 is 0 Å². The summed E-state index contributed by atoms with van der Waals surface area (Å²) in [5.41, 5.74) is 2.32. The molecule has 23 heavy (non-hydrogen) atoms. The van der Waals surface area contributed by atoms with Crippen LogP contribution in [0.3, 0.4) is 0 Å². The van der Waals surface area contributed by atoms with E-state index in [4.69, 9.17) is 0 Å². The molecular weight excluding hydrogens is 295 g/mol. The molecule has 6 heteroatoms. The Labute approximate surface area is 135 Å². The first-order valence-corrected chi connectivity index (χ1v) is 7.86. The second-order valence-electron chi connectivity index (χ2n) is 5.90. The maximum absolute atomic E-state index is 13.6. The molecule has 2 heterocycles. The minimum absolute atomic E-state index is 0.0235. The predicted molar refractivity (Wildman–Crippen MR) is 88.1 cm³/mol. The largest absolute Gasteiger partial charge is 0.374 e. The lowest BCUT2D eigenvalue weighted by Crippen LogP contribution is -2.34. The van der Waals surface area contributed by atoms with Crippen molar-refractivity contribution in [3.63, 3.8) is 0 Å². The van der Waals surface area contributed by atoms with Crippen LogP contribution in [0.1, 0.15) is 24.6 Å². The Kier molecular flexibility index (Phi) is 4.07. The number of aryl methyl sites for hydroxylation is 3. The molecule has 1 aliphatic rings. The van der Waals surface area contributed by atoms with Crippen molar-refractivity contribution >= 4 is 17.4 Å². The number of rotatable bonds is 4. The number of halogens is 1. The minimum Gasteiger partial charge on any atom is -0.374 e. The fraction of sp³-hybridized carbons (Fsp3) is 0.412. The number of carbonyl (C=O) groups is 1. The van der Waals surface area contributed by atoms with Crippen molar-refractivity contribution in [1.29, 1.82) is 0 Å². The average Bonchev–Trinajstić information content (AvgIpc) is 3.03. The van der Waals surface area contributed by atoms with Gasteiger partial charge in [0.2, 0.25) is 0 Å². The molecule has 5 nitrogen and oxygen atoms in total. The first-order valence-electron chi connectivity index (χ1n) is 7.86. The normalized spacial score (nSPS) is 17.8. The molecule has 0 spiro atoms. The van der Waals surface area contributed by atoms with E-state index in [1.807, 2.05) is 27.0 Å². The smallest absolute Gasteiger partial charge is 0.250 e.